The van der Waals surface area contributed by atoms with Crippen molar-refractivity contribution in [2.45, 2.75) is 38.5 Å². The van der Waals surface area contributed by atoms with Gasteiger partial charge in [-0.15, -0.1) is 0 Å². The van der Waals surface area contributed by atoms with E-state index in [0.29, 0.717) is 0 Å². The quantitative estimate of drug-likeness (QED) is 0.0956. The smallest absolute Gasteiger partial charge is 0.0540 e. The lowest BCUT2D eigenvalue weighted by Crippen LogP contribution is -2.16. The van der Waals surface area contributed by atoms with E-state index in [1.165, 1.54) is 111 Å². The Hall–Kier alpha value is -14.3. The molecule has 20 rings (SSSR count). The van der Waals surface area contributed by atoms with E-state index < -0.39 is 0 Å². The number of hydrogen-bond donors (Lipinski definition) is 0. The third-order valence-corrected chi connectivity index (χ3v) is 23.3. The molecule has 4 heteroatoms. The van der Waals surface area contributed by atoms with E-state index in [0.717, 1.165) is 68.2 Å². The van der Waals surface area contributed by atoms with Crippen LogP contribution in [0.25, 0.3) is 88.3 Å². The molecule has 0 atom stereocenters. The Morgan fingerprint density at radius 1 is 0.158 bits per heavy atom. The fourth-order valence-corrected chi connectivity index (χ4v) is 17.5. The van der Waals surface area contributed by atoms with Crippen molar-refractivity contribution in [1.29, 1.82) is 0 Å². The van der Waals surface area contributed by atoms with E-state index in [-0.39, 0.29) is 10.8 Å². The van der Waals surface area contributed by atoms with E-state index in [9.17, 15) is 0 Å². The van der Waals surface area contributed by atoms with Crippen molar-refractivity contribution in [3.05, 3.63) is 459 Å². The highest BCUT2D eigenvalue weighted by Gasteiger charge is 2.38. The van der Waals surface area contributed by atoms with Gasteiger partial charge in [-0.2, -0.15) is 0 Å². The van der Waals surface area contributed by atoms with Gasteiger partial charge in [0, 0.05) is 78.5 Å². The van der Waals surface area contributed by atoms with Crippen LogP contribution in [0, 0.1) is 0 Å². The monoisotopic (exact) mass is 1460 g/mol. The van der Waals surface area contributed by atoms with Crippen LogP contribution in [0.5, 0.6) is 0 Å². The van der Waals surface area contributed by atoms with Crippen LogP contribution >= 0.6 is 0 Å². The molecule has 2 aliphatic rings. The van der Waals surface area contributed by atoms with Crippen LogP contribution in [0.15, 0.2) is 437 Å². The molecule has 18 aromatic carbocycles. The van der Waals surface area contributed by atoms with Gasteiger partial charge in [0.05, 0.1) is 11.4 Å². The molecule has 0 N–H and O–H groups in total. The van der Waals surface area contributed by atoms with Gasteiger partial charge in [-0.05, 0) is 233 Å². The summed E-state index contributed by atoms with van der Waals surface area (Å²) in [4.78, 5) is 9.49. The summed E-state index contributed by atoms with van der Waals surface area (Å²) in [6.45, 7) is 9.42. The fraction of sp³-hybridized carbons (Fsp3) is 0.0545. The zero-order valence-corrected chi connectivity index (χ0v) is 64.4. The summed E-state index contributed by atoms with van der Waals surface area (Å²) in [5.74, 6) is 0. The first-order chi connectivity index (χ1) is 56.1. The Morgan fingerprint density at radius 3 is 0.711 bits per heavy atom. The second-order valence-electron chi connectivity index (χ2n) is 30.8. The van der Waals surface area contributed by atoms with Gasteiger partial charge in [0.25, 0.3) is 0 Å². The average molecular weight is 1460 g/mol. The molecular formula is C110H84N4. The predicted octanol–water partition coefficient (Wildman–Crippen LogP) is 30.8. The normalized spacial score (nSPS) is 12.5. The summed E-state index contributed by atoms with van der Waals surface area (Å²) in [5, 5.41) is 4.90. The summed E-state index contributed by atoms with van der Waals surface area (Å²) in [6.07, 6.45) is 0. The number of rotatable bonds is 16. The molecule has 0 saturated carbocycles. The molecule has 0 unspecified atom stereocenters. The van der Waals surface area contributed by atoms with Gasteiger partial charge in [0.15, 0.2) is 0 Å². The molecule has 0 amide bonds. The summed E-state index contributed by atoms with van der Waals surface area (Å²) in [6, 6.07) is 158. The van der Waals surface area contributed by atoms with Gasteiger partial charge in [-0.3, -0.25) is 0 Å². The number of anilines is 12. The maximum atomic E-state index is 2.41. The fourth-order valence-electron chi connectivity index (χ4n) is 17.5. The molecule has 2 aliphatic carbocycles. The first-order valence-electron chi connectivity index (χ1n) is 39.5. The van der Waals surface area contributed by atoms with Crippen LogP contribution in [0.3, 0.4) is 0 Å². The minimum atomic E-state index is -0.106. The molecule has 0 aromatic heterocycles. The van der Waals surface area contributed by atoms with E-state index in [1.54, 1.807) is 0 Å². The number of hydrogen-bond acceptors (Lipinski definition) is 4. The standard InChI is InChI=1S/C66H52N2.C44H32N2/c1-65(2)61-21-13-11-19-57(61)59-41-39-55(43-63(59)65)67(51-31-23-47(24-32-51)45-15-7-5-8-16-45)53-35-27-49(28-36-53)50-29-37-54(38-30-50)68(52-33-25-48(26-34-52)46-17-9-6-10-18-46)56-40-42-60-58-20-12-14-22-62(58)66(3,4)64(60)44-56;1-3-17-37(18-4-1)45(43-23-11-15-35-13-7-9-21-41(35)43)39-29-25-33(26-30-39)34-27-31-40(32-28-34)46(38-19-5-2-6-20-38)44-24-12-16-36-14-8-10-22-42(36)44/h5-44H,1-4H3;1-32H. The lowest BCUT2D eigenvalue weighted by atomic mass is 9.82. The third kappa shape index (κ3) is 13.1. The SMILES string of the molecule is CC1(C)c2ccccc2-c2ccc(N(c3ccc(-c4ccccc4)cc3)c3ccc(-c4ccc(N(c5ccc(-c6ccccc6)cc5)c5ccc6c(c5)C(C)(C)c5ccccc5-6)cc4)cc3)cc21.c1ccc(N(c2ccc(-c3ccc(N(c4ccccc4)c4cccc5ccccc45)cc3)cc2)c2cccc3ccccc23)cc1. The molecule has 0 radical (unpaired) electrons. The van der Waals surface area contributed by atoms with Gasteiger partial charge < -0.3 is 19.6 Å². The van der Waals surface area contributed by atoms with Crippen LogP contribution < -0.4 is 19.6 Å². The Morgan fingerprint density at radius 2 is 0.386 bits per heavy atom. The molecule has 0 heterocycles. The van der Waals surface area contributed by atoms with Gasteiger partial charge in [0.1, 0.15) is 0 Å². The number of benzene rings is 18. The zero-order chi connectivity index (χ0) is 76.7. The first-order valence-corrected chi connectivity index (χ1v) is 39.5. The van der Waals surface area contributed by atoms with Crippen molar-refractivity contribution < 1.29 is 0 Å². The van der Waals surface area contributed by atoms with Crippen molar-refractivity contribution in [1.82, 2.24) is 0 Å². The lowest BCUT2D eigenvalue weighted by molar-refractivity contribution is 0.660. The first kappa shape index (κ1) is 70.1. The predicted molar refractivity (Wildman–Crippen MR) is 484 cm³/mol. The molecule has 544 valence electrons. The van der Waals surface area contributed by atoms with Crippen molar-refractivity contribution in [3.63, 3.8) is 0 Å². The number of fused-ring (bicyclic) bond motifs is 8. The maximum Gasteiger partial charge on any atom is 0.0540 e. The summed E-state index contributed by atoms with van der Waals surface area (Å²) >= 11 is 0. The van der Waals surface area contributed by atoms with E-state index >= 15 is 0 Å². The Labute approximate surface area is 669 Å². The minimum Gasteiger partial charge on any atom is -0.310 e. The summed E-state index contributed by atoms with van der Waals surface area (Å²) in [7, 11) is 0. The Balaban J connectivity index is 0.000000165. The third-order valence-electron chi connectivity index (χ3n) is 23.3. The molecule has 0 aliphatic heterocycles. The van der Waals surface area contributed by atoms with Crippen LogP contribution in [0.2, 0.25) is 0 Å². The number of nitrogens with zero attached hydrogens (tertiary/aromatic N) is 4. The molecule has 0 spiro atoms. The molecule has 0 fully saturated rings. The Bertz CT molecular complexity index is 6070. The van der Waals surface area contributed by atoms with Crippen LogP contribution in [-0.4, -0.2) is 0 Å². The highest BCUT2D eigenvalue weighted by Crippen LogP contribution is 2.54. The van der Waals surface area contributed by atoms with Crippen LogP contribution in [-0.2, 0) is 10.8 Å². The van der Waals surface area contributed by atoms with Crippen LogP contribution in [0.1, 0.15) is 49.9 Å². The molecule has 4 nitrogen and oxygen atoms in total. The van der Waals surface area contributed by atoms with Gasteiger partial charge in [-0.1, -0.05) is 331 Å². The van der Waals surface area contributed by atoms with Crippen molar-refractivity contribution >= 4 is 89.8 Å². The molecular weight excluding hydrogens is 1380 g/mol. The van der Waals surface area contributed by atoms with E-state index in [4.69, 9.17) is 0 Å². The van der Waals surface area contributed by atoms with Crippen LogP contribution in [0.4, 0.5) is 68.2 Å². The van der Waals surface area contributed by atoms with E-state index in [2.05, 4.69) is 484 Å². The van der Waals surface area contributed by atoms with Crippen molar-refractivity contribution in [2.24, 2.45) is 0 Å². The molecule has 18 aromatic rings. The molecule has 114 heavy (non-hydrogen) atoms. The molecule has 0 saturated heterocycles. The highest BCUT2D eigenvalue weighted by molar-refractivity contribution is 6.01. The van der Waals surface area contributed by atoms with Crippen molar-refractivity contribution in [3.8, 4) is 66.8 Å². The van der Waals surface area contributed by atoms with E-state index in [1.807, 2.05) is 0 Å². The topological polar surface area (TPSA) is 13.0 Å². The average Bonchev–Trinajstić information content (AvgIpc) is 1.57. The summed E-state index contributed by atoms with van der Waals surface area (Å²) in [5.41, 5.74) is 33.6. The zero-order valence-electron chi connectivity index (χ0n) is 64.4. The van der Waals surface area contributed by atoms with Gasteiger partial charge in [-0.25, -0.2) is 0 Å². The molecule has 0 bridgehead atoms. The van der Waals surface area contributed by atoms with Gasteiger partial charge >= 0.3 is 0 Å². The second-order valence-corrected chi connectivity index (χ2v) is 30.8. The van der Waals surface area contributed by atoms with Crippen molar-refractivity contribution in [2.75, 3.05) is 19.6 Å². The lowest BCUT2D eigenvalue weighted by Gasteiger charge is -2.29. The maximum absolute atomic E-state index is 2.41. The summed E-state index contributed by atoms with van der Waals surface area (Å²) < 4.78 is 0. The second kappa shape index (κ2) is 29.8. The highest BCUT2D eigenvalue weighted by atomic mass is 15.2. The largest absolute Gasteiger partial charge is 0.310 e. The Kier molecular flexibility index (Phi) is 18.3. The number of para-hydroxylation sites is 2. The van der Waals surface area contributed by atoms with Gasteiger partial charge in [0.2, 0.25) is 0 Å². The minimum absolute atomic E-state index is 0.106.